The molecule has 0 aliphatic carbocycles. The molecule has 8 heavy (non-hydrogen) atoms. The molecule has 0 unspecified atom stereocenters. The summed E-state index contributed by atoms with van der Waals surface area (Å²) in [6, 6.07) is 0.613. The van der Waals surface area contributed by atoms with Crippen LogP contribution in [-0.2, 0) is 0 Å². The molecule has 2 nitrogen and oxygen atoms in total. The fraction of sp³-hybridized carbons (Fsp3) is 0.667. The van der Waals surface area contributed by atoms with Gasteiger partial charge in [0.2, 0.25) is 0 Å². The maximum absolute atomic E-state index is 5.43. The largest absolute Gasteiger partial charge is 0.399 e. The first-order valence-corrected chi connectivity index (χ1v) is 2.92. The Morgan fingerprint density at radius 1 is 1.75 bits per heavy atom. The summed E-state index contributed by atoms with van der Waals surface area (Å²) in [5.41, 5.74) is 6.42. The Morgan fingerprint density at radius 3 is 2.38 bits per heavy atom. The van der Waals surface area contributed by atoms with Gasteiger partial charge >= 0.3 is 0 Å². The zero-order chi connectivity index (χ0) is 6.15. The maximum Gasteiger partial charge on any atom is 0.0587 e. The van der Waals surface area contributed by atoms with E-state index in [4.69, 9.17) is 5.73 Å². The van der Waals surface area contributed by atoms with Gasteiger partial charge in [0.15, 0.2) is 0 Å². The van der Waals surface area contributed by atoms with Crippen LogP contribution in [0.3, 0.4) is 0 Å². The number of hydrogen-bond acceptors (Lipinski definition) is 2. The summed E-state index contributed by atoms with van der Waals surface area (Å²) in [6.45, 7) is 5.27. The van der Waals surface area contributed by atoms with Gasteiger partial charge in [-0.2, -0.15) is 0 Å². The predicted octanol–water partition coefficient (Wildman–Crippen LogP) is 0.511. The molecule has 0 aromatic heterocycles. The van der Waals surface area contributed by atoms with E-state index in [9.17, 15) is 0 Å². The minimum absolute atomic E-state index is 0.613. The third kappa shape index (κ3) is 0.782. The van der Waals surface area contributed by atoms with Gasteiger partial charge in [-0.3, -0.25) is 0 Å². The number of rotatable bonds is 1. The van der Waals surface area contributed by atoms with Crippen LogP contribution in [0, 0.1) is 0 Å². The van der Waals surface area contributed by atoms with E-state index in [0.717, 1.165) is 12.2 Å². The van der Waals surface area contributed by atoms with Gasteiger partial charge in [-0.05, 0) is 13.8 Å². The smallest absolute Gasteiger partial charge is 0.0587 e. The third-order valence-corrected chi connectivity index (χ3v) is 1.36. The van der Waals surface area contributed by atoms with E-state index in [-0.39, 0.29) is 0 Å². The predicted molar refractivity (Wildman–Crippen MR) is 34.1 cm³/mol. The van der Waals surface area contributed by atoms with Crippen molar-refractivity contribution in [2.75, 3.05) is 6.54 Å². The Hall–Kier alpha value is -0.660. The lowest BCUT2D eigenvalue weighted by molar-refractivity contribution is 0.291. The topological polar surface area (TPSA) is 29.3 Å². The molecule has 0 saturated heterocycles. The first kappa shape index (κ1) is 5.48. The first-order chi connectivity index (χ1) is 3.70. The van der Waals surface area contributed by atoms with E-state index in [1.807, 2.05) is 6.20 Å². The Balaban J connectivity index is 2.36. The quantitative estimate of drug-likeness (QED) is 0.535. The van der Waals surface area contributed by atoms with Gasteiger partial charge in [0, 0.05) is 17.9 Å². The zero-order valence-electron chi connectivity index (χ0n) is 5.39. The Bertz CT molecular complexity index is 116. The molecular weight excluding hydrogens is 100 g/mol. The molecule has 46 valence electrons. The molecule has 0 amide bonds. The molecule has 0 aromatic rings. The normalized spacial score (nSPS) is 18.4. The van der Waals surface area contributed by atoms with Crippen molar-refractivity contribution in [2.45, 2.75) is 19.9 Å². The molecule has 0 saturated carbocycles. The minimum atomic E-state index is 0.613. The lowest BCUT2D eigenvalue weighted by Crippen LogP contribution is -2.38. The van der Waals surface area contributed by atoms with Crippen molar-refractivity contribution in [3.63, 3.8) is 0 Å². The van der Waals surface area contributed by atoms with Crippen molar-refractivity contribution >= 4 is 0 Å². The van der Waals surface area contributed by atoms with Gasteiger partial charge in [0.25, 0.3) is 0 Å². The van der Waals surface area contributed by atoms with Crippen LogP contribution in [-0.4, -0.2) is 17.5 Å². The highest BCUT2D eigenvalue weighted by Gasteiger charge is 2.13. The van der Waals surface area contributed by atoms with Crippen LogP contribution in [0.25, 0.3) is 0 Å². The molecule has 2 heteroatoms. The minimum Gasteiger partial charge on any atom is -0.399 e. The first-order valence-electron chi connectivity index (χ1n) is 2.92. The van der Waals surface area contributed by atoms with Gasteiger partial charge in [-0.15, -0.1) is 0 Å². The van der Waals surface area contributed by atoms with Crippen LogP contribution in [0.5, 0.6) is 0 Å². The summed E-state index contributed by atoms with van der Waals surface area (Å²) in [5.74, 6) is 0. The van der Waals surface area contributed by atoms with Crippen molar-refractivity contribution in [3.8, 4) is 0 Å². The molecule has 2 N–H and O–H groups in total. The number of nitrogens with two attached hydrogens (primary N) is 1. The van der Waals surface area contributed by atoms with Crippen molar-refractivity contribution in [2.24, 2.45) is 5.73 Å². The van der Waals surface area contributed by atoms with Crippen LogP contribution < -0.4 is 5.73 Å². The van der Waals surface area contributed by atoms with E-state index < -0.39 is 0 Å². The van der Waals surface area contributed by atoms with E-state index >= 15 is 0 Å². The highest BCUT2D eigenvalue weighted by atomic mass is 15.2. The van der Waals surface area contributed by atoms with Crippen LogP contribution in [0.1, 0.15) is 13.8 Å². The van der Waals surface area contributed by atoms with E-state index in [0.29, 0.717) is 6.04 Å². The van der Waals surface area contributed by atoms with Gasteiger partial charge < -0.3 is 10.6 Å². The summed E-state index contributed by atoms with van der Waals surface area (Å²) in [4.78, 5) is 2.20. The van der Waals surface area contributed by atoms with Crippen molar-refractivity contribution in [3.05, 3.63) is 11.9 Å². The fourth-order valence-corrected chi connectivity index (χ4v) is 0.729. The summed E-state index contributed by atoms with van der Waals surface area (Å²) < 4.78 is 0. The van der Waals surface area contributed by atoms with Crippen LogP contribution in [0.2, 0.25) is 0 Å². The molecule has 1 rings (SSSR count). The monoisotopic (exact) mass is 112 g/mol. The van der Waals surface area contributed by atoms with E-state index in [1.54, 1.807) is 0 Å². The van der Waals surface area contributed by atoms with Gasteiger partial charge in [-0.1, -0.05) is 0 Å². The number of hydrogen-bond donors (Lipinski definition) is 1. The molecule has 1 aliphatic rings. The lowest BCUT2D eigenvalue weighted by Gasteiger charge is -2.32. The van der Waals surface area contributed by atoms with Crippen molar-refractivity contribution in [1.29, 1.82) is 0 Å². The highest BCUT2D eigenvalue weighted by molar-refractivity contribution is 5.10. The van der Waals surface area contributed by atoms with E-state index in [2.05, 4.69) is 18.7 Å². The molecular formula is C6H12N2. The molecule has 0 spiro atoms. The second kappa shape index (κ2) is 1.69. The Morgan fingerprint density at radius 2 is 2.25 bits per heavy atom. The maximum atomic E-state index is 5.43. The van der Waals surface area contributed by atoms with Gasteiger partial charge in [0.05, 0.1) is 6.54 Å². The molecule has 1 heterocycles. The summed E-state index contributed by atoms with van der Waals surface area (Å²) in [7, 11) is 0. The van der Waals surface area contributed by atoms with Crippen LogP contribution in [0.4, 0.5) is 0 Å². The van der Waals surface area contributed by atoms with Crippen LogP contribution >= 0.6 is 0 Å². The third-order valence-electron chi connectivity index (χ3n) is 1.36. The lowest BCUT2D eigenvalue weighted by atomic mass is 10.2. The SMILES string of the molecule is CC(C)N1C=C(N)C1. The molecule has 0 bridgehead atoms. The van der Waals surface area contributed by atoms with Crippen molar-refractivity contribution < 1.29 is 0 Å². The second-order valence-corrected chi connectivity index (χ2v) is 2.47. The summed E-state index contributed by atoms with van der Waals surface area (Å²) >= 11 is 0. The van der Waals surface area contributed by atoms with E-state index in [1.165, 1.54) is 0 Å². The Kier molecular flexibility index (Phi) is 1.16. The number of nitrogens with zero attached hydrogens (tertiary/aromatic N) is 1. The average molecular weight is 112 g/mol. The fourth-order valence-electron chi connectivity index (χ4n) is 0.729. The zero-order valence-corrected chi connectivity index (χ0v) is 5.39. The standard InChI is InChI=1S/C6H12N2/c1-5(2)8-3-6(7)4-8/h3,5H,4,7H2,1-2H3. The molecule has 0 atom stereocenters. The molecule has 0 fully saturated rings. The van der Waals surface area contributed by atoms with Crippen molar-refractivity contribution in [1.82, 2.24) is 4.90 Å². The second-order valence-electron chi connectivity index (χ2n) is 2.47. The molecule has 1 aliphatic heterocycles. The average Bonchev–Trinajstić information content (AvgIpc) is 1.57. The molecule has 0 radical (unpaired) electrons. The highest BCUT2D eigenvalue weighted by Crippen LogP contribution is 2.10. The summed E-state index contributed by atoms with van der Waals surface area (Å²) in [6.07, 6.45) is 1.99. The van der Waals surface area contributed by atoms with Gasteiger partial charge in [0.1, 0.15) is 0 Å². The van der Waals surface area contributed by atoms with Crippen LogP contribution in [0.15, 0.2) is 11.9 Å². The summed E-state index contributed by atoms with van der Waals surface area (Å²) in [5, 5.41) is 0. The molecule has 0 aromatic carbocycles. The Labute approximate surface area is 50.0 Å². The van der Waals surface area contributed by atoms with Gasteiger partial charge in [-0.25, -0.2) is 0 Å².